The molecule has 1 aliphatic rings. The number of hydrogen-bond acceptors (Lipinski definition) is 6. The molecule has 1 unspecified atom stereocenters. The molecule has 0 saturated carbocycles. The van der Waals surface area contributed by atoms with E-state index in [9.17, 15) is 9.35 Å². The zero-order valence-electron chi connectivity index (χ0n) is 14.3. The molecule has 0 N–H and O–H groups in total. The zero-order valence-corrected chi connectivity index (χ0v) is 15.2. The lowest BCUT2D eigenvalue weighted by atomic mass is 10.1. The highest BCUT2D eigenvalue weighted by molar-refractivity contribution is 7.91. The third kappa shape index (κ3) is 3.88. The van der Waals surface area contributed by atoms with Crippen molar-refractivity contribution >= 4 is 23.0 Å². The second-order valence-corrected chi connectivity index (χ2v) is 7.91. The Morgan fingerprint density at radius 3 is 2.80 bits per heavy atom. The molecule has 1 aliphatic heterocycles. The van der Waals surface area contributed by atoms with E-state index in [-0.39, 0.29) is 11.4 Å². The van der Waals surface area contributed by atoms with Crippen molar-refractivity contribution in [2.45, 2.75) is 19.4 Å². The van der Waals surface area contributed by atoms with Crippen LogP contribution in [0.2, 0.25) is 0 Å². The van der Waals surface area contributed by atoms with Crippen LogP contribution in [-0.4, -0.2) is 46.4 Å². The SMILES string of the molecule is COc1ccc(C(=O)[N-]c2c[n+](N3CC[S+]([O-])CC3(C)C)no2)cc1. The van der Waals surface area contributed by atoms with E-state index >= 15 is 0 Å². The maximum absolute atomic E-state index is 12.2. The van der Waals surface area contributed by atoms with E-state index in [4.69, 9.17) is 9.26 Å². The van der Waals surface area contributed by atoms with Gasteiger partial charge in [-0.05, 0) is 54.9 Å². The fourth-order valence-corrected chi connectivity index (χ4v) is 4.16. The van der Waals surface area contributed by atoms with Crippen LogP contribution in [-0.2, 0) is 11.2 Å². The molecule has 0 bridgehead atoms. The molecule has 9 heteroatoms. The molecule has 134 valence electrons. The Labute approximate surface area is 148 Å². The lowest BCUT2D eigenvalue weighted by Crippen LogP contribution is -2.72. The van der Waals surface area contributed by atoms with Gasteiger partial charge in [-0.2, -0.15) is 0 Å². The highest BCUT2D eigenvalue weighted by Crippen LogP contribution is 2.22. The molecule has 0 spiro atoms. The summed E-state index contributed by atoms with van der Waals surface area (Å²) in [6, 6.07) is 6.66. The van der Waals surface area contributed by atoms with Crippen molar-refractivity contribution < 1.29 is 23.4 Å². The molecular formula is C16H20N4O4S. The van der Waals surface area contributed by atoms with Gasteiger partial charge in [0.15, 0.2) is 0 Å². The Morgan fingerprint density at radius 1 is 1.44 bits per heavy atom. The highest BCUT2D eigenvalue weighted by atomic mass is 32.2. The van der Waals surface area contributed by atoms with Crippen LogP contribution < -0.4 is 14.5 Å². The monoisotopic (exact) mass is 364 g/mol. The van der Waals surface area contributed by atoms with Gasteiger partial charge in [-0.1, -0.05) is 0 Å². The molecule has 2 aromatic rings. The van der Waals surface area contributed by atoms with E-state index in [1.54, 1.807) is 37.6 Å². The molecule has 0 radical (unpaired) electrons. The first kappa shape index (κ1) is 17.6. The van der Waals surface area contributed by atoms with Gasteiger partial charge in [0.25, 0.3) is 6.20 Å². The summed E-state index contributed by atoms with van der Waals surface area (Å²) in [5.41, 5.74) is 0.0968. The number of ether oxygens (including phenoxy) is 1. The van der Waals surface area contributed by atoms with Crippen LogP contribution >= 0.6 is 0 Å². The summed E-state index contributed by atoms with van der Waals surface area (Å²) in [5.74, 6) is 1.47. The lowest BCUT2D eigenvalue weighted by molar-refractivity contribution is -0.764. The fraction of sp³-hybridized carbons (Fsp3) is 0.438. The van der Waals surface area contributed by atoms with Crippen molar-refractivity contribution in [3.8, 4) is 5.75 Å². The molecule has 8 nitrogen and oxygen atoms in total. The number of carbonyl (C=O) groups excluding carboxylic acids is 1. The molecule has 1 amide bonds. The second-order valence-electron chi connectivity index (χ2n) is 6.33. The van der Waals surface area contributed by atoms with Gasteiger partial charge in [0, 0.05) is 0 Å². The van der Waals surface area contributed by atoms with Gasteiger partial charge in [-0.15, -0.1) is 5.01 Å². The molecule has 0 aliphatic carbocycles. The summed E-state index contributed by atoms with van der Waals surface area (Å²) in [6.45, 7) is 4.57. The number of nitrogens with zero attached hydrogens (tertiary/aromatic N) is 4. The number of benzene rings is 1. The molecule has 3 rings (SSSR count). The average molecular weight is 364 g/mol. The summed E-state index contributed by atoms with van der Waals surface area (Å²) in [5, 5.41) is 9.84. The van der Waals surface area contributed by atoms with Crippen LogP contribution in [0.25, 0.3) is 5.32 Å². The number of hydrogen-bond donors (Lipinski definition) is 0. The lowest BCUT2D eigenvalue weighted by Gasteiger charge is -2.35. The Hall–Kier alpha value is -2.26. The van der Waals surface area contributed by atoms with Gasteiger partial charge in [0.05, 0.1) is 17.8 Å². The number of carbonyl (C=O) groups is 1. The molecule has 1 aromatic carbocycles. The smallest absolute Gasteiger partial charge is 0.257 e. The topological polar surface area (TPSA) is 96.6 Å². The molecule has 1 aromatic heterocycles. The van der Waals surface area contributed by atoms with Gasteiger partial charge in [-0.3, -0.25) is 0 Å². The van der Waals surface area contributed by atoms with E-state index in [0.29, 0.717) is 29.4 Å². The normalized spacial score (nSPS) is 19.5. The third-order valence-corrected chi connectivity index (χ3v) is 5.65. The maximum Gasteiger partial charge on any atom is 0.257 e. The zero-order chi connectivity index (χ0) is 18.0. The van der Waals surface area contributed by atoms with Crippen LogP contribution in [0.3, 0.4) is 0 Å². The van der Waals surface area contributed by atoms with E-state index in [1.165, 1.54) is 4.79 Å². The van der Waals surface area contributed by atoms with E-state index < -0.39 is 17.1 Å². The molecule has 1 atom stereocenters. The van der Waals surface area contributed by atoms with Crippen molar-refractivity contribution in [1.82, 2.24) is 5.27 Å². The largest absolute Gasteiger partial charge is 0.616 e. The van der Waals surface area contributed by atoms with Crippen LogP contribution in [0, 0.1) is 0 Å². The first-order valence-electron chi connectivity index (χ1n) is 7.81. The third-order valence-electron chi connectivity index (χ3n) is 3.98. The summed E-state index contributed by atoms with van der Waals surface area (Å²) in [6.07, 6.45) is 1.55. The number of aromatic nitrogens is 2. The Morgan fingerprint density at radius 2 is 2.16 bits per heavy atom. The Balaban J connectivity index is 1.69. The van der Waals surface area contributed by atoms with Crippen molar-refractivity contribution in [3.63, 3.8) is 0 Å². The van der Waals surface area contributed by atoms with Gasteiger partial charge in [0.2, 0.25) is 5.27 Å². The molecule has 2 heterocycles. The van der Waals surface area contributed by atoms with Gasteiger partial charge >= 0.3 is 0 Å². The molecule has 1 saturated heterocycles. The van der Waals surface area contributed by atoms with E-state index in [1.807, 2.05) is 18.9 Å². The number of methoxy groups -OCH3 is 1. The number of amides is 1. The van der Waals surface area contributed by atoms with Crippen LogP contribution in [0.5, 0.6) is 5.75 Å². The van der Waals surface area contributed by atoms with Crippen molar-refractivity contribution in [1.29, 1.82) is 0 Å². The number of rotatable bonds is 4. The van der Waals surface area contributed by atoms with Gasteiger partial charge in [0.1, 0.15) is 35.2 Å². The summed E-state index contributed by atoms with van der Waals surface area (Å²) < 4.78 is 22.0. The minimum Gasteiger partial charge on any atom is -0.616 e. The minimum atomic E-state index is -0.835. The minimum absolute atomic E-state index is 0.114. The molecule has 25 heavy (non-hydrogen) atoms. The summed E-state index contributed by atoms with van der Waals surface area (Å²) >= 11 is -0.835. The summed E-state index contributed by atoms with van der Waals surface area (Å²) in [4.78, 5) is 13.7. The Bertz CT molecular complexity index is 747. The van der Waals surface area contributed by atoms with Crippen LogP contribution in [0.15, 0.2) is 35.0 Å². The van der Waals surface area contributed by atoms with E-state index in [2.05, 4.69) is 10.6 Å². The Kier molecular flexibility index (Phi) is 4.87. The van der Waals surface area contributed by atoms with Gasteiger partial charge < -0.3 is 23.9 Å². The van der Waals surface area contributed by atoms with E-state index in [0.717, 1.165) is 0 Å². The van der Waals surface area contributed by atoms with Crippen molar-refractivity contribution in [2.24, 2.45) is 0 Å². The highest BCUT2D eigenvalue weighted by Gasteiger charge is 2.43. The molecular weight excluding hydrogens is 344 g/mol. The molecule has 1 fully saturated rings. The second kappa shape index (κ2) is 6.93. The quantitative estimate of drug-likeness (QED) is 0.599. The predicted molar refractivity (Wildman–Crippen MR) is 92.1 cm³/mol. The van der Waals surface area contributed by atoms with Crippen LogP contribution in [0.1, 0.15) is 24.2 Å². The standard InChI is InChI=1S/C16H20N4O4S/c1-16(2)11-25(22)9-8-19(16)20-10-14(24-18-20)17-15(21)12-4-6-13(23-3)7-5-12/h4-7,10H,8-9,11H2,1-3H3. The van der Waals surface area contributed by atoms with Crippen molar-refractivity contribution in [3.05, 3.63) is 41.3 Å². The summed E-state index contributed by atoms with van der Waals surface area (Å²) in [7, 11) is 1.56. The van der Waals surface area contributed by atoms with Gasteiger partial charge in [-0.25, -0.2) is 0 Å². The average Bonchev–Trinajstić information content (AvgIpc) is 3.02. The predicted octanol–water partition coefficient (Wildman–Crippen LogP) is 1.30. The first-order chi connectivity index (χ1) is 11.9. The first-order valence-corrected chi connectivity index (χ1v) is 9.29. The maximum atomic E-state index is 12.2. The van der Waals surface area contributed by atoms with Crippen LogP contribution in [0.4, 0.5) is 5.88 Å². The fourth-order valence-electron chi connectivity index (χ4n) is 2.70. The van der Waals surface area contributed by atoms with Crippen molar-refractivity contribution in [2.75, 3.05) is 30.2 Å².